The van der Waals surface area contributed by atoms with Crippen LogP contribution in [0.5, 0.6) is 11.5 Å². The molecule has 0 fully saturated rings. The SMILES string of the molecule is CCn1c(=NC(=O)C2=COCCO2)sc2c(OC)ccc(OC)c21. The Balaban J connectivity index is 2.19. The number of aromatic nitrogens is 1. The fourth-order valence-corrected chi connectivity index (χ4v) is 3.66. The standard InChI is InChI=1S/C16H18N2O5S/c1-4-18-13-10(20-2)5-6-11(21-3)14(13)24-16(18)17-15(19)12-9-22-7-8-23-12/h5-6,9H,4,7-8H2,1-3H3. The molecule has 0 saturated heterocycles. The Labute approximate surface area is 142 Å². The number of fused-ring (bicyclic) bond motifs is 1. The molecule has 2 heterocycles. The number of amides is 1. The number of methoxy groups -OCH3 is 2. The molecular weight excluding hydrogens is 332 g/mol. The Hall–Kier alpha value is -2.48. The van der Waals surface area contributed by atoms with Gasteiger partial charge in [0.1, 0.15) is 41.2 Å². The van der Waals surface area contributed by atoms with Crippen LogP contribution in [0.2, 0.25) is 0 Å². The molecule has 0 N–H and O–H groups in total. The molecule has 0 atom stereocenters. The van der Waals surface area contributed by atoms with Crippen LogP contribution < -0.4 is 14.3 Å². The number of rotatable bonds is 4. The minimum Gasteiger partial charge on any atom is -0.495 e. The van der Waals surface area contributed by atoms with Crippen molar-refractivity contribution in [3.8, 4) is 11.5 Å². The third-order valence-electron chi connectivity index (χ3n) is 3.57. The summed E-state index contributed by atoms with van der Waals surface area (Å²) in [5.74, 6) is 1.05. The van der Waals surface area contributed by atoms with Gasteiger partial charge in [0.05, 0.1) is 14.2 Å². The first-order valence-electron chi connectivity index (χ1n) is 7.47. The van der Waals surface area contributed by atoms with Crippen molar-refractivity contribution in [3.05, 3.63) is 29.0 Å². The van der Waals surface area contributed by atoms with E-state index in [-0.39, 0.29) is 5.76 Å². The van der Waals surface area contributed by atoms with Crippen LogP contribution in [-0.4, -0.2) is 37.9 Å². The summed E-state index contributed by atoms with van der Waals surface area (Å²) in [5, 5.41) is 0. The van der Waals surface area contributed by atoms with E-state index in [1.54, 1.807) is 14.2 Å². The molecule has 2 aromatic rings. The first-order valence-corrected chi connectivity index (χ1v) is 8.29. The van der Waals surface area contributed by atoms with E-state index in [9.17, 15) is 4.79 Å². The molecule has 0 spiro atoms. The van der Waals surface area contributed by atoms with Crippen molar-refractivity contribution in [2.75, 3.05) is 27.4 Å². The maximum Gasteiger partial charge on any atom is 0.317 e. The zero-order valence-corrected chi connectivity index (χ0v) is 14.5. The molecule has 0 saturated carbocycles. The van der Waals surface area contributed by atoms with Crippen molar-refractivity contribution < 1.29 is 23.7 Å². The zero-order chi connectivity index (χ0) is 17.1. The van der Waals surface area contributed by atoms with Crippen LogP contribution in [0.25, 0.3) is 10.2 Å². The predicted octanol–water partition coefficient (Wildman–Crippen LogP) is 2.06. The molecular formula is C16H18N2O5S. The number of carbonyl (C=O) groups is 1. The van der Waals surface area contributed by atoms with Gasteiger partial charge in [-0.3, -0.25) is 4.79 Å². The highest BCUT2D eigenvalue weighted by Crippen LogP contribution is 2.35. The lowest BCUT2D eigenvalue weighted by Crippen LogP contribution is -2.19. The van der Waals surface area contributed by atoms with Gasteiger partial charge in [-0.05, 0) is 19.1 Å². The number of benzene rings is 1. The van der Waals surface area contributed by atoms with Crippen LogP contribution in [0, 0.1) is 0 Å². The van der Waals surface area contributed by atoms with Gasteiger partial charge in [0.2, 0.25) is 5.76 Å². The van der Waals surface area contributed by atoms with Gasteiger partial charge in [-0.2, -0.15) is 4.99 Å². The number of hydrogen-bond acceptors (Lipinski definition) is 6. The molecule has 1 aliphatic rings. The third kappa shape index (κ3) is 2.84. The van der Waals surface area contributed by atoms with Crippen LogP contribution in [-0.2, 0) is 20.8 Å². The van der Waals surface area contributed by atoms with Crippen molar-refractivity contribution in [3.63, 3.8) is 0 Å². The lowest BCUT2D eigenvalue weighted by Gasteiger charge is -2.12. The Morgan fingerprint density at radius 3 is 2.67 bits per heavy atom. The molecule has 1 aliphatic heterocycles. The van der Waals surface area contributed by atoms with E-state index in [0.717, 1.165) is 10.2 Å². The van der Waals surface area contributed by atoms with E-state index >= 15 is 0 Å². The molecule has 0 bridgehead atoms. The molecule has 0 unspecified atom stereocenters. The highest BCUT2D eigenvalue weighted by Gasteiger charge is 2.18. The summed E-state index contributed by atoms with van der Waals surface area (Å²) in [6.07, 6.45) is 1.31. The van der Waals surface area contributed by atoms with E-state index in [4.69, 9.17) is 18.9 Å². The minimum atomic E-state index is -0.471. The van der Waals surface area contributed by atoms with Crippen molar-refractivity contribution in [1.82, 2.24) is 4.57 Å². The molecule has 128 valence electrons. The Kier molecular flexibility index (Phi) is 4.75. The molecule has 1 amide bonds. The van der Waals surface area contributed by atoms with Gasteiger partial charge in [0, 0.05) is 6.54 Å². The quantitative estimate of drug-likeness (QED) is 0.844. The molecule has 24 heavy (non-hydrogen) atoms. The average Bonchev–Trinajstić information content (AvgIpc) is 2.99. The van der Waals surface area contributed by atoms with Crippen LogP contribution in [0.1, 0.15) is 6.92 Å². The van der Waals surface area contributed by atoms with E-state index in [2.05, 4.69) is 4.99 Å². The molecule has 7 nitrogen and oxygen atoms in total. The van der Waals surface area contributed by atoms with Gasteiger partial charge >= 0.3 is 5.91 Å². The number of ether oxygens (including phenoxy) is 4. The van der Waals surface area contributed by atoms with E-state index in [1.165, 1.54) is 17.6 Å². The van der Waals surface area contributed by atoms with Gasteiger partial charge in [-0.1, -0.05) is 11.3 Å². The summed E-state index contributed by atoms with van der Waals surface area (Å²) in [4.78, 5) is 17.1. The van der Waals surface area contributed by atoms with Crippen LogP contribution >= 0.6 is 11.3 Å². The van der Waals surface area contributed by atoms with Gasteiger partial charge in [-0.25, -0.2) is 0 Å². The monoisotopic (exact) mass is 350 g/mol. The number of aryl methyl sites for hydroxylation is 1. The molecule has 3 rings (SSSR count). The summed E-state index contributed by atoms with van der Waals surface area (Å²) >= 11 is 1.37. The second-order valence-electron chi connectivity index (χ2n) is 4.90. The zero-order valence-electron chi connectivity index (χ0n) is 13.7. The Morgan fingerprint density at radius 1 is 1.29 bits per heavy atom. The van der Waals surface area contributed by atoms with E-state index < -0.39 is 5.91 Å². The molecule has 0 radical (unpaired) electrons. The lowest BCUT2D eigenvalue weighted by atomic mass is 10.3. The largest absolute Gasteiger partial charge is 0.495 e. The Morgan fingerprint density at radius 2 is 2.04 bits per heavy atom. The van der Waals surface area contributed by atoms with E-state index in [1.807, 2.05) is 23.6 Å². The summed E-state index contributed by atoms with van der Waals surface area (Å²) in [7, 11) is 3.22. The van der Waals surface area contributed by atoms with Gasteiger partial charge in [0.15, 0.2) is 4.80 Å². The van der Waals surface area contributed by atoms with Crippen molar-refractivity contribution >= 4 is 27.5 Å². The summed E-state index contributed by atoms with van der Waals surface area (Å²) < 4.78 is 24.1. The second kappa shape index (κ2) is 6.96. The van der Waals surface area contributed by atoms with E-state index in [0.29, 0.717) is 36.1 Å². The molecule has 1 aromatic carbocycles. The first kappa shape index (κ1) is 16.4. The van der Waals surface area contributed by atoms with Crippen molar-refractivity contribution in [1.29, 1.82) is 0 Å². The van der Waals surface area contributed by atoms with Gasteiger partial charge in [0.25, 0.3) is 0 Å². The maximum absolute atomic E-state index is 12.3. The number of nitrogens with zero attached hydrogens (tertiary/aromatic N) is 2. The number of thiazole rings is 1. The third-order valence-corrected chi connectivity index (χ3v) is 4.66. The Bertz CT molecular complexity index is 865. The van der Waals surface area contributed by atoms with Gasteiger partial charge < -0.3 is 23.5 Å². The molecule has 8 heteroatoms. The number of carbonyl (C=O) groups excluding carboxylic acids is 1. The van der Waals surface area contributed by atoms with Crippen LogP contribution in [0.4, 0.5) is 0 Å². The average molecular weight is 350 g/mol. The lowest BCUT2D eigenvalue weighted by molar-refractivity contribution is -0.119. The fourth-order valence-electron chi connectivity index (χ4n) is 2.46. The summed E-state index contributed by atoms with van der Waals surface area (Å²) in [6, 6.07) is 3.68. The topological polar surface area (TPSA) is 71.3 Å². The van der Waals surface area contributed by atoms with Crippen LogP contribution in [0.3, 0.4) is 0 Å². The highest BCUT2D eigenvalue weighted by atomic mass is 32.1. The normalized spacial score (nSPS) is 14.8. The summed E-state index contributed by atoms with van der Waals surface area (Å²) in [6.45, 7) is 3.39. The molecule has 0 aliphatic carbocycles. The smallest absolute Gasteiger partial charge is 0.317 e. The maximum atomic E-state index is 12.3. The number of hydrogen-bond donors (Lipinski definition) is 0. The van der Waals surface area contributed by atoms with Crippen LogP contribution in [0.15, 0.2) is 29.1 Å². The second-order valence-corrected chi connectivity index (χ2v) is 5.87. The highest BCUT2D eigenvalue weighted by molar-refractivity contribution is 7.16. The molecule has 1 aromatic heterocycles. The summed E-state index contributed by atoms with van der Waals surface area (Å²) in [5.41, 5.74) is 0.852. The van der Waals surface area contributed by atoms with Gasteiger partial charge in [-0.15, -0.1) is 0 Å². The van der Waals surface area contributed by atoms with Crippen molar-refractivity contribution in [2.45, 2.75) is 13.5 Å². The van der Waals surface area contributed by atoms with Crippen molar-refractivity contribution in [2.24, 2.45) is 4.99 Å². The first-order chi connectivity index (χ1) is 11.7. The minimum absolute atomic E-state index is 0.111. The fraction of sp³-hybridized carbons (Fsp3) is 0.375. The predicted molar refractivity (Wildman–Crippen MR) is 89.2 cm³/mol.